The zero-order valence-electron chi connectivity index (χ0n) is 9.84. The summed E-state index contributed by atoms with van der Waals surface area (Å²) in [7, 11) is 0. The number of halogens is 1. The number of benzene rings is 1. The number of rotatable bonds is 3. The van der Waals surface area contributed by atoms with Crippen LogP contribution in [0.15, 0.2) is 39.5 Å². The predicted octanol–water partition coefficient (Wildman–Crippen LogP) is 2.66. The van der Waals surface area contributed by atoms with E-state index < -0.39 is 17.8 Å². The second-order valence-electron chi connectivity index (χ2n) is 3.80. The fraction of sp³-hybridized carbons (Fsp3) is 0.0714. The summed E-state index contributed by atoms with van der Waals surface area (Å²) in [5, 5.41) is 19.1. The van der Waals surface area contributed by atoms with E-state index in [0.29, 0.717) is 5.02 Å². The minimum absolute atomic E-state index is 0.0172. The van der Waals surface area contributed by atoms with Crippen LogP contribution in [0.5, 0.6) is 5.75 Å². The van der Waals surface area contributed by atoms with Gasteiger partial charge < -0.3 is 14.6 Å². The monoisotopic (exact) mass is 278 g/mol. The molecule has 2 rings (SSSR count). The van der Waals surface area contributed by atoms with Crippen molar-refractivity contribution in [3.05, 3.63) is 62.7 Å². The van der Waals surface area contributed by atoms with Crippen molar-refractivity contribution in [2.75, 3.05) is 0 Å². The summed E-state index contributed by atoms with van der Waals surface area (Å²) >= 11 is 5.97. The molecule has 0 amide bonds. The van der Waals surface area contributed by atoms with Gasteiger partial charge >= 0.3 is 0 Å². The van der Waals surface area contributed by atoms with Crippen LogP contribution in [0.1, 0.15) is 17.1 Å². The lowest BCUT2D eigenvalue weighted by Crippen LogP contribution is -2.02. The van der Waals surface area contributed by atoms with Gasteiger partial charge in [-0.25, -0.2) is 0 Å². The van der Waals surface area contributed by atoms with Crippen LogP contribution in [-0.4, -0.2) is 10.2 Å². The number of aliphatic hydroxyl groups excluding tert-OH is 1. The highest BCUT2D eigenvalue weighted by Crippen LogP contribution is 2.21. The molecule has 5 heteroatoms. The first-order chi connectivity index (χ1) is 9.11. The molecule has 0 fully saturated rings. The maximum absolute atomic E-state index is 11.4. The molecule has 98 valence electrons. The van der Waals surface area contributed by atoms with Gasteiger partial charge in [0.05, 0.1) is 0 Å². The standard InChI is InChI=1S/C14H11ClO4/c15-11-4-2-1-3-9(11)5-6-13-14(18)12(17)7-10(8-16)19-13/h1-7,16,18H,8H2. The molecule has 0 unspecified atom stereocenters. The van der Waals surface area contributed by atoms with Crippen molar-refractivity contribution < 1.29 is 14.6 Å². The highest BCUT2D eigenvalue weighted by atomic mass is 35.5. The number of hydrogen-bond donors (Lipinski definition) is 2. The third kappa shape index (κ3) is 3.05. The lowest BCUT2D eigenvalue weighted by Gasteiger charge is -2.01. The normalized spacial score (nSPS) is 11.1. The van der Waals surface area contributed by atoms with Crippen molar-refractivity contribution in [2.24, 2.45) is 0 Å². The van der Waals surface area contributed by atoms with E-state index in [1.54, 1.807) is 24.3 Å². The molecule has 1 aromatic heterocycles. The highest BCUT2D eigenvalue weighted by Gasteiger charge is 2.08. The molecule has 0 radical (unpaired) electrons. The van der Waals surface area contributed by atoms with E-state index in [2.05, 4.69) is 0 Å². The summed E-state index contributed by atoms with van der Waals surface area (Å²) in [6.07, 6.45) is 3.04. The summed E-state index contributed by atoms with van der Waals surface area (Å²) in [6.45, 7) is -0.414. The lowest BCUT2D eigenvalue weighted by molar-refractivity contribution is 0.240. The van der Waals surface area contributed by atoms with Crippen molar-refractivity contribution in [1.29, 1.82) is 0 Å². The van der Waals surface area contributed by atoms with Crippen LogP contribution in [0.4, 0.5) is 0 Å². The van der Waals surface area contributed by atoms with Gasteiger partial charge in [-0.2, -0.15) is 0 Å². The number of aliphatic hydroxyl groups is 1. The lowest BCUT2D eigenvalue weighted by atomic mass is 10.2. The Morgan fingerprint density at radius 2 is 2.00 bits per heavy atom. The van der Waals surface area contributed by atoms with Crippen LogP contribution in [-0.2, 0) is 6.61 Å². The molecule has 0 bridgehead atoms. The van der Waals surface area contributed by atoms with E-state index in [9.17, 15) is 9.90 Å². The summed E-state index contributed by atoms with van der Waals surface area (Å²) in [5.41, 5.74) is 0.120. The Labute approximate surface area is 114 Å². The van der Waals surface area contributed by atoms with Crippen molar-refractivity contribution in [3.8, 4) is 5.75 Å². The summed E-state index contributed by atoms with van der Waals surface area (Å²) in [5.74, 6) is -0.432. The van der Waals surface area contributed by atoms with E-state index in [1.807, 2.05) is 6.07 Å². The predicted molar refractivity (Wildman–Crippen MR) is 72.9 cm³/mol. The number of aromatic hydroxyl groups is 1. The molecule has 2 aromatic rings. The summed E-state index contributed by atoms with van der Waals surface area (Å²) < 4.78 is 5.17. The Balaban J connectivity index is 2.41. The molecule has 0 saturated carbocycles. The SMILES string of the molecule is O=c1cc(CO)oc(C=Cc2ccccc2Cl)c1O. The van der Waals surface area contributed by atoms with E-state index in [-0.39, 0.29) is 11.5 Å². The van der Waals surface area contributed by atoms with Gasteiger partial charge in [0.1, 0.15) is 12.4 Å². The minimum Gasteiger partial charge on any atom is -0.502 e. The van der Waals surface area contributed by atoms with Crippen molar-refractivity contribution in [1.82, 2.24) is 0 Å². The van der Waals surface area contributed by atoms with Gasteiger partial charge in [-0.3, -0.25) is 4.79 Å². The van der Waals surface area contributed by atoms with Gasteiger partial charge in [-0.15, -0.1) is 0 Å². The molecule has 1 aromatic carbocycles. The maximum Gasteiger partial charge on any atom is 0.227 e. The Bertz CT molecular complexity index is 673. The van der Waals surface area contributed by atoms with Gasteiger partial charge in [0.15, 0.2) is 5.76 Å². The highest BCUT2D eigenvalue weighted by molar-refractivity contribution is 6.32. The zero-order valence-corrected chi connectivity index (χ0v) is 10.6. The molecule has 0 aliphatic rings. The Morgan fingerprint density at radius 1 is 1.26 bits per heavy atom. The molecule has 2 N–H and O–H groups in total. The van der Waals surface area contributed by atoms with Gasteiger partial charge in [0.25, 0.3) is 0 Å². The molecular weight excluding hydrogens is 268 g/mol. The smallest absolute Gasteiger partial charge is 0.227 e. The van der Waals surface area contributed by atoms with Crippen LogP contribution in [0.25, 0.3) is 12.2 Å². The molecular formula is C14H11ClO4. The molecule has 1 heterocycles. The van der Waals surface area contributed by atoms with Crippen LogP contribution < -0.4 is 5.43 Å². The minimum atomic E-state index is -0.603. The van der Waals surface area contributed by atoms with E-state index in [4.69, 9.17) is 21.1 Å². The van der Waals surface area contributed by atoms with Crippen LogP contribution >= 0.6 is 11.6 Å². The van der Waals surface area contributed by atoms with E-state index in [1.165, 1.54) is 6.08 Å². The Kier molecular flexibility index (Phi) is 4.04. The fourth-order valence-corrected chi connectivity index (χ4v) is 1.72. The van der Waals surface area contributed by atoms with Crippen molar-refractivity contribution in [2.45, 2.75) is 6.61 Å². The van der Waals surface area contributed by atoms with Crippen molar-refractivity contribution in [3.63, 3.8) is 0 Å². The number of hydrogen-bond acceptors (Lipinski definition) is 4. The van der Waals surface area contributed by atoms with Gasteiger partial charge in [-0.05, 0) is 23.8 Å². The topological polar surface area (TPSA) is 70.7 Å². The summed E-state index contributed by atoms with van der Waals surface area (Å²) in [4.78, 5) is 11.4. The van der Waals surface area contributed by atoms with Gasteiger partial charge in [-0.1, -0.05) is 29.8 Å². The van der Waals surface area contributed by atoms with Gasteiger partial charge in [0.2, 0.25) is 11.2 Å². The third-order valence-corrected chi connectivity index (χ3v) is 2.82. The van der Waals surface area contributed by atoms with Gasteiger partial charge in [0, 0.05) is 11.1 Å². The van der Waals surface area contributed by atoms with E-state index >= 15 is 0 Å². The van der Waals surface area contributed by atoms with Crippen LogP contribution in [0.2, 0.25) is 5.02 Å². The first kappa shape index (κ1) is 13.4. The second kappa shape index (κ2) is 5.73. The van der Waals surface area contributed by atoms with E-state index in [0.717, 1.165) is 11.6 Å². The summed E-state index contributed by atoms with van der Waals surface area (Å²) in [6, 6.07) is 8.16. The quantitative estimate of drug-likeness (QED) is 0.905. The average Bonchev–Trinajstić information content (AvgIpc) is 2.42. The molecule has 4 nitrogen and oxygen atoms in total. The Morgan fingerprint density at radius 3 is 2.68 bits per heavy atom. The largest absolute Gasteiger partial charge is 0.502 e. The molecule has 0 saturated heterocycles. The average molecular weight is 279 g/mol. The second-order valence-corrected chi connectivity index (χ2v) is 4.21. The Hall–Kier alpha value is -2.04. The van der Waals surface area contributed by atoms with Crippen molar-refractivity contribution >= 4 is 23.8 Å². The van der Waals surface area contributed by atoms with Crippen LogP contribution in [0, 0.1) is 0 Å². The zero-order chi connectivity index (χ0) is 13.8. The first-order valence-electron chi connectivity index (χ1n) is 5.51. The molecule has 0 spiro atoms. The molecule has 0 atom stereocenters. The maximum atomic E-state index is 11.4. The fourth-order valence-electron chi connectivity index (χ4n) is 1.52. The third-order valence-electron chi connectivity index (χ3n) is 2.48. The van der Waals surface area contributed by atoms with Crippen LogP contribution in [0.3, 0.4) is 0 Å². The molecule has 19 heavy (non-hydrogen) atoms. The first-order valence-corrected chi connectivity index (χ1v) is 5.89. The molecule has 0 aliphatic carbocycles. The molecule has 0 aliphatic heterocycles.